The molecule has 0 radical (unpaired) electrons. The summed E-state index contributed by atoms with van der Waals surface area (Å²) < 4.78 is 14.3. The topological polar surface area (TPSA) is 41.1 Å². The number of nitrogens with zero attached hydrogens (tertiary/aromatic N) is 3. The van der Waals surface area contributed by atoms with E-state index in [1.54, 1.807) is 23.5 Å². The first-order valence-electron chi connectivity index (χ1n) is 7.71. The van der Waals surface area contributed by atoms with Gasteiger partial charge in [0.1, 0.15) is 10.6 Å². The lowest BCUT2D eigenvalue weighted by molar-refractivity contribution is 0.580. The molecule has 1 fully saturated rings. The lowest BCUT2D eigenvalue weighted by Gasteiger charge is -2.27. The van der Waals surface area contributed by atoms with Crippen LogP contribution in [0.25, 0.3) is 21.5 Å². The Hall–Kier alpha value is -1.76. The van der Waals surface area contributed by atoms with Crippen LogP contribution in [-0.2, 0) is 0 Å². The summed E-state index contributed by atoms with van der Waals surface area (Å²) >= 11 is 1.63. The van der Waals surface area contributed by atoms with E-state index >= 15 is 0 Å². The number of thiophene rings is 1. The molecule has 0 amide bonds. The van der Waals surface area contributed by atoms with Crippen molar-refractivity contribution in [2.75, 3.05) is 31.1 Å². The first kappa shape index (κ1) is 17.1. The summed E-state index contributed by atoms with van der Waals surface area (Å²) in [5.41, 5.74) is 1.22. The maximum absolute atomic E-state index is 14.3. The summed E-state index contributed by atoms with van der Waals surface area (Å²) in [7, 11) is 0. The van der Waals surface area contributed by atoms with Crippen molar-refractivity contribution in [3.8, 4) is 11.3 Å². The van der Waals surface area contributed by atoms with Crippen molar-refractivity contribution in [3.63, 3.8) is 0 Å². The number of nitrogens with one attached hydrogen (secondary N) is 1. The maximum Gasteiger partial charge on any atom is 0.227 e. The molecular weight excluding hydrogens is 347 g/mol. The summed E-state index contributed by atoms with van der Waals surface area (Å²) in [6.45, 7) is 5.61. The molecule has 2 aromatic heterocycles. The minimum Gasteiger partial charge on any atom is -0.338 e. The Kier molecular flexibility index (Phi) is 4.99. The van der Waals surface area contributed by atoms with Gasteiger partial charge in [-0.1, -0.05) is 12.1 Å². The molecule has 1 saturated heterocycles. The van der Waals surface area contributed by atoms with E-state index in [0.29, 0.717) is 17.2 Å². The largest absolute Gasteiger partial charge is 0.338 e. The van der Waals surface area contributed by atoms with Crippen LogP contribution in [0.5, 0.6) is 0 Å². The molecule has 0 bridgehead atoms. The molecule has 24 heavy (non-hydrogen) atoms. The first-order chi connectivity index (χ1) is 11.2. The molecule has 3 aromatic rings. The quantitative estimate of drug-likeness (QED) is 0.753. The van der Waals surface area contributed by atoms with E-state index in [2.05, 4.69) is 10.2 Å². The number of hydrogen-bond donors (Lipinski definition) is 1. The molecule has 1 aromatic carbocycles. The van der Waals surface area contributed by atoms with Crippen molar-refractivity contribution in [1.29, 1.82) is 0 Å². The highest BCUT2D eigenvalue weighted by atomic mass is 35.5. The van der Waals surface area contributed by atoms with Crippen LogP contribution in [0.1, 0.15) is 4.88 Å². The molecule has 4 nitrogen and oxygen atoms in total. The van der Waals surface area contributed by atoms with Crippen molar-refractivity contribution in [3.05, 3.63) is 41.0 Å². The van der Waals surface area contributed by atoms with Gasteiger partial charge in [-0.25, -0.2) is 14.4 Å². The highest BCUT2D eigenvalue weighted by Gasteiger charge is 2.19. The summed E-state index contributed by atoms with van der Waals surface area (Å²) in [6, 6.07) is 8.85. The number of hydrogen-bond acceptors (Lipinski definition) is 5. The van der Waals surface area contributed by atoms with Crippen LogP contribution in [0.15, 0.2) is 30.3 Å². The Labute approximate surface area is 150 Å². The third-order valence-electron chi connectivity index (χ3n) is 4.03. The SMILES string of the molecule is Cc1cc2c(-c3ccccc3F)nc(N3CCNCC3)nc2s1.Cl. The Morgan fingerprint density at radius 1 is 1.17 bits per heavy atom. The standard InChI is InChI=1S/C17H17FN4S.ClH/c1-11-10-13-15(12-4-2-3-5-14(12)18)20-17(21-16(13)23-11)22-8-6-19-7-9-22;/h2-5,10,19H,6-9H2,1H3;1H. The zero-order valence-electron chi connectivity index (χ0n) is 13.3. The highest BCUT2D eigenvalue weighted by molar-refractivity contribution is 7.18. The van der Waals surface area contributed by atoms with Crippen molar-refractivity contribution in [1.82, 2.24) is 15.3 Å². The van der Waals surface area contributed by atoms with E-state index in [1.807, 2.05) is 19.1 Å². The molecule has 0 unspecified atom stereocenters. The van der Waals surface area contributed by atoms with Crippen LogP contribution in [-0.4, -0.2) is 36.1 Å². The van der Waals surface area contributed by atoms with Crippen LogP contribution in [0, 0.1) is 12.7 Å². The zero-order valence-corrected chi connectivity index (χ0v) is 14.9. The van der Waals surface area contributed by atoms with Crippen molar-refractivity contribution >= 4 is 39.9 Å². The third-order valence-corrected chi connectivity index (χ3v) is 4.98. The lowest BCUT2D eigenvalue weighted by atomic mass is 10.1. The Morgan fingerprint density at radius 3 is 2.67 bits per heavy atom. The van der Waals surface area contributed by atoms with Crippen LogP contribution in [0.4, 0.5) is 10.3 Å². The van der Waals surface area contributed by atoms with Crippen LogP contribution < -0.4 is 10.2 Å². The van der Waals surface area contributed by atoms with Gasteiger partial charge in [0.25, 0.3) is 0 Å². The second-order valence-electron chi connectivity index (χ2n) is 5.66. The Morgan fingerprint density at radius 2 is 1.92 bits per heavy atom. The van der Waals surface area contributed by atoms with Gasteiger partial charge in [-0.3, -0.25) is 0 Å². The summed E-state index contributed by atoms with van der Waals surface area (Å²) in [6.07, 6.45) is 0. The molecule has 126 valence electrons. The fourth-order valence-electron chi connectivity index (χ4n) is 2.90. The van der Waals surface area contributed by atoms with Gasteiger partial charge in [-0.05, 0) is 25.1 Å². The van der Waals surface area contributed by atoms with Gasteiger partial charge in [-0.15, -0.1) is 23.7 Å². The number of rotatable bonds is 2. The van der Waals surface area contributed by atoms with E-state index in [9.17, 15) is 4.39 Å². The predicted molar refractivity (Wildman–Crippen MR) is 99.9 cm³/mol. The summed E-state index contributed by atoms with van der Waals surface area (Å²) in [4.78, 5) is 13.7. The summed E-state index contributed by atoms with van der Waals surface area (Å²) in [5, 5.41) is 4.25. The smallest absolute Gasteiger partial charge is 0.227 e. The molecule has 3 heterocycles. The van der Waals surface area contributed by atoms with Gasteiger partial charge in [0.2, 0.25) is 5.95 Å². The van der Waals surface area contributed by atoms with E-state index in [0.717, 1.165) is 41.3 Å². The molecule has 1 N–H and O–H groups in total. The minimum atomic E-state index is -0.248. The number of aromatic nitrogens is 2. The van der Waals surface area contributed by atoms with E-state index in [4.69, 9.17) is 9.97 Å². The second-order valence-corrected chi connectivity index (χ2v) is 6.90. The normalized spacial score (nSPS) is 14.7. The van der Waals surface area contributed by atoms with Crippen molar-refractivity contribution < 1.29 is 4.39 Å². The van der Waals surface area contributed by atoms with Crippen LogP contribution in [0.3, 0.4) is 0 Å². The fraction of sp³-hybridized carbons (Fsp3) is 0.294. The van der Waals surface area contributed by atoms with Gasteiger partial charge < -0.3 is 10.2 Å². The monoisotopic (exact) mass is 364 g/mol. The zero-order chi connectivity index (χ0) is 15.8. The van der Waals surface area contributed by atoms with E-state index < -0.39 is 0 Å². The fourth-order valence-corrected chi connectivity index (χ4v) is 3.77. The third kappa shape index (κ3) is 3.09. The second kappa shape index (κ2) is 7.01. The highest BCUT2D eigenvalue weighted by Crippen LogP contribution is 2.34. The van der Waals surface area contributed by atoms with Crippen LogP contribution in [0.2, 0.25) is 0 Å². The molecule has 1 aliphatic rings. The Balaban J connectivity index is 0.00000169. The molecule has 7 heteroatoms. The number of anilines is 1. The average Bonchev–Trinajstić information content (AvgIpc) is 2.95. The number of piperazine rings is 1. The molecule has 1 aliphatic heterocycles. The predicted octanol–water partition coefficient (Wildman–Crippen LogP) is 3.64. The number of fused-ring (bicyclic) bond motifs is 1. The number of aryl methyl sites for hydroxylation is 1. The van der Waals surface area contributed by atoms with Gasteiger partial charge >= 0.3 is 0 Å². The minimum absolute atomic E-state index is 0. The number of halogens is 2. The molecule has 0 saturated carbocycles. The molecule has 0 atom stereocenters. The molecule has 0 aliphatic carbocycles. The average molecular weight is 365 g/mol. The lowest BCUT2D eigenvalue weighted by Crippen LogP contribution is -2.44. The molecule has 0 spiro atoms. The molecular formula is C17H18ClFN4S. The van der Waals surface area contributed by atoms with Gasteiger partial charge in [0.15, 0.2) is 0 Å². The molecule has 4 rings (SSSR count). The summed E-state index contributed by atoms with van der Waals surface area (Å²) in [5.74, 6) is 0.446. The first-order valence-corrected chi connectivity index (χ1v) is 8.53. The van der Waals surface area contributed by atoms with Gasteiger partial charge in [0.05, 0.1) is 5.69 Å². The maximum atomic E-state index is 14.3. The number of benzene rings is 1. The van der Waals surface area contributed by atoms with Gasteiger partial charge in [-0.2, -0.15) is 0 Å². The van der Waals surface area contributed by atoms with Gasteiger partial charge in [0, 0.05) is 42.0 Å². The Bertz CT molecular complexity index is 861. The van der Waals surface area contributed by atoms with Crippen LogP contribution >= 0.6 is 23.7 Å². The van der Waals surface area contributed by atoms with Crippen molar-refractivity contribution in [2.24, 2.45) is 0 Å². The van der Waals surface area contributed by atoms with E-state index in [1.165, 1.54) is 6.07 Å². The van der Waals surface area contributed by atoms with E-state index in [-0.39, 0.29) is 18.2 Å². The van der Waals surface area contributed by atoms with Crippen molar-refractivity contribution in [2.45, 2.75) is 6.92 Å².